The molecule has 0 atom stereocenters. The Morgan fingerprint density at radius 3 is 2.60 bits per heavy atom. The molecule has 0 saturated heterocycles. The van der Waals surface area contributed by atoms with Crippen LogP contribution in [0.3, 0.4) is 0 Å². The highest BCUT2D eigenvalue weighted by Crippen LogP contribution is 2.14. The number of H-pyrrole nitrogens is 1. The van der Waals surface area contributed by atoms with Gasteiger partial charge in [-0.3, -0.25) is 19.3 Å². The Hall–Kier alpha value is -1.89. The van der Waals surface area contributed by atoms with Gasteiger partial charge in [-0.25, -0.2) is 4.79 Å². The minimum atomic E-state index is -0.654. The van der Waals surface area contributed by atoms with E-state index in [-0.39, 0.29) is 24.6 Å². The van der Waals surface area contributed by atoms with Gasteiger partial charge in [-0.1, -0.05) is 20.3 Å². The molecule has 1 aromatic heterocycles. The number of aliphatic imine (C=N–C) groups is 1. The van der Waals surface area contributed by atoms with Crippen molar-refractivity contribution in [3.63, 3.8) is 0 Å². The number of aliphatic hydroxyl groups excluding tert-OH is 1. The number of unbranched alkanes of at least 4 members (excludes halogenated alkanes) is 1. The first-order valence-corrected chi connectivity index (χ1v) is 6.77. The zero-order chi connectivity index (χ0) is 15.1. The molecule has 0 saturated carbocycles. The van der Waals surface area contributed by atoms with Crippen LogP contribution in [0.5, 0.6) is 5.88 Å². The molecule has 0 aromatic carbocycles. The van der Waals surface area contributed by atoms with Crippen LogP contribution >= 0.6 is 0 Å². The van der Waals surface area contributed by atoms with Crippen LogP contribution in [0.15, 0.2) is 14.6 Å². The zero-order valence-electron chi connectivity index (χ0n) is 11.8. The summed E-state index contributed by atoms with van der Waals surface area (Å²) in [5.74, 6) is -0.356. The van der Waals surface area contributed by atoms with Gasteiger partial charge in [-0.15, -0.1) is 0 Å². The third-order valence-electron chi connectivity index (χ3n) is 2.93. The highest BCUT2D eigenvalue weighted by atomic mass is 16.3. The lowest BCUT2D eigenvalue weighted by atomic mass is 10.1. The molecule has 1 heterocycles. The molecule has 0 aliphatic carbocycles. The maximum Gasteiger partial charge on any atom is 0.331 e. The monoisotopic (exact) mass is 283 g/mol. The average Bonchev–Trinajstić information content (AvgIpc) is 2.42. The fraction of sp³-hybridized carbons (Fsp3) is 0.615. The molecule has 0 radical (unpaired) electrons. The number of aromatic amines is 1. The normalized spacial score (nSPS) is 11.8. The Balaban J connectivity index is 3.39. The van der Waals surface area contributed by atoms with Gasteiger partial charge in [0.15, 0.2) is 0 Å². The van der Waals surface area contributed by atoms with Crippen molar-refractivity contribution >= 4 is 5.71 Å². The largest absolute Gasteiger partial charge is 0.494 e. The summed E-state index contributed by atoms with van der Waals surface area (Å²) in [5.41, 5.74) is -0.888. The summed E-state index contributed by atoms with van der Waals surface area (Å²) in [6, 6.07) is 0. The van der Waals surface area contributed by atoms with Gasteiger partial charge in [0.1, 0.15) is 5.56 Å². The van der Waals surface area contributed by atoms with Crippen LogP contribution in [-0.2, 0) is 6.54 Å². The number of nitrogens with zero attached hydrogens (tertiary/aromatic N) is 2. The fourth-order valence-corrected chi connectivity index (χ4v) is 1.90. The van der Waals surface area contributed by atoms with Crippen molar-refractivity contribution in [2.24, 2.45) is 4.99 Å². The summed E-state index contributed by atoms with van der Waals surface area (Å²) in [6.45, 7) is 4.10. The van der Waals surface area contributed by atoms with E-state index in [1.54, 1.807) is 6.92 Å². The number of nitrogens with one attached hydrogen (secondary N) is 1. The van der Waals surface area contributed by atoms with Gasteiger partial charge in [0.05, 0.1) is 18.9 Å². The Morgan fingerprint density at radius 1 is 1.35 bits per heavy atom. The molecule has 0 aliphatic rings. The van der Waals surface area contributed by atoms with Gasteiger partial charge < -0.3 is 10.2 Å². The second-order valence-electron chi connectivity index (χ2n) is 4.37. The molecule has 0 bridgehead atoms. The number of rotatable bonds is 7. The van der Waals surface area contributed by atoms with E-state index in [4.69, 9.17) is 5.11 Å². The molecule has 7 nitrogen and oxygen atoms in total. The van der Waals surface area contributed by atoms with Gasteiger partial charge in [0.25, 0.3) is 5.56 Å². The van der Waals surface area contributed by atoms with Crippen LogP contribution in [0.1, 0.15) is 38.7 Å². The Bertz CT molecular complexity index is 586. The van der Waals surface area contributed by atoms with Crippen molar-refractivity contribution in [2.45, 2.75) is 39.7 Å². The average molecular weight is 283 g/mol. The molecule has 0 unspecified atom stereocenters. The van der Waals surface area contributed by atoms with Gasteiger partial charge in [0.2, 0.25) is 5.88 Å². The first-order chi connectivity index (χ1) is 9.56. The van der Waals surface area contributed by atoms with Gasteiger partial charge >= 0.3 is 5.69 Å². The fourth-order valence-electron chi connectivity index (χ4n) is 1.90. The van der Waals surface area contributed by atoms with Gasteiger partial charge in [-0.05, 0) is 12.8 Å². The third kappa shape index (κ3) is 3.57. The van der Waals surface area contributed by atoms with Crippen molar-refractivity contribution in [3.05, 3.63) is 26.4 Å². The lowest BCUT2D eigenvalue weighted by Crippen LogP contribution is -2.34. The van der Waals surface area contributed by atoms with Crippen LogP contribution in [0.2, 0.25) is 0 Å². The molecule has 3 N–H and O–H groups in total. The number of hydrogen-bond donors (Lipinski definition) is 3. The minimum Gasteiger partial charge on any atom is -0.494 e. The summed E-state index contributed by atoms with van der Waals surface area (Å²) >= 11 is 0. The van der Waals surface area contributed by atoms with Crippen LogP contribution in [0.4, 0.5) is 0 Å². The van der Waals surface area contributed by atoms with Gasteiger partial charge in [-0.2, -0.15) is 0 Å². The molecule has 0 amide bonds. The molecule has 1 aromatic rings. The first kappa shape index (κ1) is 16.2. The molecule has 7 heteroatoms. The summed E-state index contributed by atoms with van der Waals surface area (Å²) in [7, 11) is 0. The van der Waals surface area contributed by atoms with Crippen LogP contribution in [0, 0.1) is 0 Å². The van der Waals surface area contributed by atoms with Crippen molar-refractivity contribution < 1.29 is 10.2 Å². The number of hydrogen-bond acceptors (Lipinski definition) is 5. The van der Waals surface area contributed by atoms with E-state index >= 15 is 0 Å². The molecule has 0 fully saturated rings. The summed E-state index contributed by atoms with van der Waals surface area (Å²) in [5, 5.41) is 19.0. The van der Waals surface area contributed by atoms with E-state index in [0.29, 0.717) is 25.1 Å². The van der Waals surface area contributed by atoms with Gasteiger partial charge in [0, 0.05) is 6.54 Å². The highest BCUT2D eigenvalue weighted by molar-refractivity contribution is 6.01. The summed E-state index contributed by atoms with van der Waals surface area (Å²) in [4.78, 5) is 29.9. The quantitative estimate of drug-likeness (QED) is 0.623. The maximum atomic E-state index is 11.9. The smallest absolute Gasteiger partial charge is 0.331 e. The molecular formula is C13H21N3O4. The Kier molecular flexibility index (Phi) is 6.17. The molecule has 112 valence electrons. The Morgan fingerprint density at radius 2 is 2.05 bits per heavy atom. The lowest BCUT2D eigenvalue weighted by Gasteiger charge is -2.11. The minimum absolute atomic E-state index is 0.0108. The SMILES string of the molecule is CCCCn1c(O)c(C(CC)=NCCO)c(=O)[nH]c1=O. The topological polar surface area (TPSA) is 108 Å². The maximum absolute atomic E-state index is 11.9. The second-order valence-corrected chi connectivity index (χ2v) is 4.37. The number of aliphatic hydroxyl groups is 1. The van der Waals surface area contributed by atoms with Crippen LogP contribution in [-0.4, -0.2) is 38.6 Å². The van der Waals surface area contributed by atoms with Crippen LogP contribution < -0.4 is 11.2 Å². The number of aromatic nitrogens is 2. The molecule has 0 aliphatic heterocycles. The molecule has 0 spiro atoms. The van der Waals surface area contributed by atoms with E-state index in [0.717, 1.165) is 11.0 Å². The van der Waals surface area contributed by atoms with Crippen molar-refractivity contribution in [2.75, 3.05) is 13.2 Å². The first-order valence-electron chi connectivity index (χ1n) is 6.77. The lowest BCUT2D eigenvalue weighted by molar-refractivity contribution is 0.307. The molecule has 1 rings (SSSR count). The van der Waals surface area contributed by atoms with E-state index < -0.39 is 11.2 Å². The zero-order valence-corrected chi connectivity index (χ0v) is 11.8. The van der Waals surface area contributed by atoms with E-state index in [2.05, 4.69) is 9.98 Å². The molecular weight excluding hydrogens is 262 g/mol. The third-order valence-corrected chi connectivity index (χ3v) is 2.93. The van der Waals surface area contributed by atoms with Crippen molar-refractivity contribution in [1.82, 2.24) is 9.55 Å². The van der Waals surface area contributed by atoms with Crippen LogP contribution in [0.25, 0.3) is 0 Å². The van der Waals surface area contributed by atoms with E-state index in [1.165, 1.54) is 0 Å². The van der Waals surface area contributed by atoms with E-state index in [1.807, 2.05) is 6.92 Å². The molecule has 20 heavy (non-hydrogen) atoms. The predicted octanol–water partition coefficient (Wildman–Crippen LogP) is 0.234. The summed E-state index contributed by atoms with van der Waals surface area (Å²) in [6.07, 6.45) is 2.00. The second kappa shape index (κ2) is 7.64. The summed E-state index contributed by atoms with van der Waals surface area (Å²) < 4.78 is 1.14. The highest BCUT2D eigenvalue weighted by Gasteiger charge is 2.17. The van der Waals surface area contributed by atoms with Crippen molar-refractivity contribution in [1.29, 1.82) is 0 Å². The van der Waals surface area contributed by atoms with E-state index in [9.17, 15) is 14.7 Å². The Labute approximate surface area is 116 Å². The standard InChI is InChI=1S/C13H21N3O4/c1-3-5-7-16-12(19)10(11(18)15-13(16)20)9(4-2)14-6-8-17/h17,19H,3-8H2,1-2H3,(H,15,18,20). The predicted molar refractivity (Wildman–Crippen MR) is 76.7 cm³/mol. The van der Waals surface area contributed by atoms with Crippen molar-refractivity contribution in [3.8, 4) is 5.88 Å². The number of aromatic hydroxyl groups is 1.